The van der Waals surface area contributed by atoms with Crippen LogP contribution in [0.5, 0.6) is 0 Å². The first-order valence-corrected chi connectivity index (χ1v) is 7.03. The highest BCUT2D eigenvalue weighted by molar-refractivity contribution is 6.30. The number of hydrogen-bond acceptors (Lipinski definition) is 2. The Morgan fingerprint density at radius 1 is 1.21 bits per heavy atom. The fraction of sp³-hybridized carbons (Fsp3) is 0.400. The number of hydrogen-bond donors (Lipinski definition) is 1. The number of halogens is 1. The molecule has 0 bridgehead atoms. The monoisotopic (exact) mass is 277 g/mol. The molecule has 102 valence electrons. The van der Waals surface area contributed by atoms with Crippen molar-refractivity contribution < 1.29 is 0 Å². The van der Waals surface area contributed by atoms with E-state index in [4.69, 9.17) is 11.6 Å². The molecule has 0 unspecified atom stereocenters. The van der Waals surface area contributed by atoms with Crippen molar-refractivity contribution in [1.82, 2.24) is 15.1 Å². The van der Waals surface area contributed by atoms with Gasteiger partial charge in [0, 0.05) is 22.8 Å². The van der Waals surface area contributed by atoms with E-state index in [-0.39, 0.29) is 0 Å². The molecule has 1 N–H and O–H groups in total. The maximum Gasteiger partial charge on any atom is 0.0649 e. The molecule has 0 aliphatic heterocycles. The third kappa shape index (κ3) is 3.17. The Hall–Kier alpha value is -1.32. The lowest BCUT2D eigenvalue weighted by Crippen LogP contribution is -2.15. The van der Waals surface area contributed by atoms with Crippen LogP contribution in [0, 0.1) is 13.8 Å². The first-order valence-electron chi connectivity index (χ1n) is 6.65. The van der Waals surface area contributed by atoms with Crippen molar-refractivity contribution in [1.29, 1.82) is 0 Å². The van der Waals surface area contributed by atoms with Gasteiger partial charge in [-0.2, -0.15) is 5.10 Å². The first-order chi connectivity index (χ1) is 9.13. The van der Waals surface area contributed by atoms with Crippen molar-refractivity contribution in [2.24, 2.45) is 0 Å². The van der Waals surface area contributed by atoms with Gasteiger partial charge >= 0.3 is 0 Å². The maximum atomic E-state index is 5.92. The molecule has 1 heterocycles. The summed E-state index contributed by atoms with van der Waals surface area (Å²) >= 11 is 5.92. The van der Waals surface area contributed by atoms with Crippen molar-refractivity contribution >= 4 is 11.6 Å². The van der Waals surface area contributed by atoms with Crippen molar-refractivity contribution in [3.8, 4) is 5.69 Å². The second-order valence-corrected chi connectivity index (χ2v) is 5.15. The molecule has 0 aliphatic carbocycles. The molecule has 1 aromatic heterocycles. The highest BCUT2D eigenvalue weighted by Gasteiger charge is 2.12. The Labute approximate surface area is 119 Å². The fourth-order valence-electron chi connectivity index (χ4n) is 2.15. The van der Waals surface area contributed by atoms with Crippen LogP contribution in [0.1, 0.15) is 30.3 Å². The normalized spacial score (nSPS) is 10.9. The maximum absolute atomic E-state index is 5.92. The van der Waals surface area contributed by atoms with Crippen molar-refractivity contribution in [3.05, 3.63) is 46.2 Å². The molecule has 0 atom stereocenters. The predicted octanol–water partition coefficient (Wildman–Crippen LogP) is 3.64. The van der Waals surface area contributed by atoms with E-state index in [0.29, 0.717) is 0 Å². The number of aromatic nitrogens is 2. The van der Waals surface area contributed by atoms with Crippen molar-refractivity contribution in [3.63, 3.8) is 0 Å². The largest absolute Gasteiger partial charge is 0.313 e. The summed E-state index contributed by atoms with van der Waals surface area (Å²) in [5.41, 5.74) is 4.59. The molecule has 1 aromatic carbocycles. The molecule has 0 radical (unpaired) electrons. The molecule has 0 saturated carbocycles. The molecular weight excluding hydrogens is 258 g/mol. The van der Waals surface area contributed by atoms with E-state index in [0.717, 1.165) is 35.9 Å². The van der Waals surface area contributed by atoms with Gasteiger partial charge in [-0.05, 0) is 51.1 Å². The van der Waals surface area contributed by atoms with Crippen LogP contribution in [0.3, 0.4) is 0 Å². The molecule has 0 aliphatic rings. The number of nitrogens with one attached hydrogen (secondary N) is 1. The van der Waals surface area contributed by atoms with Crippen LogP contribution in [0.4, 0.5) is 0 Å². The SMILES string of the molecule is CCCNCc1c(C)nn(-c2ccc(Cl)cc2)c1C. The molecule has 2 aromatic rings. The fourth-order valence-corrected chi connectivity index (χ4v) is 2.28. The van der Waals surface area contributed by atoms with Gasteiger partial charge in [-0.1, -0.05) is 18.5 Å². The topological polar surface area (TPSA) is 29.9 Å². The zero-order valence-corrected chi connectivity index (χ0v) is 12.5. The van der Waals surface area contributed by atoms with Crippen LogP contribution >= 0.6 is 11.6 Å². The zero-order chi connectivity index (χ0) is 13.8. The van der Waals surface area contributed by atoms with E-state index < -0.39 is 0 Å². The van der Waals surface area contributed by atoms with Gasteiger partial charge in [-0.25, -0.2) is 4.68 Å². The third-order valence-electron chi connectivity index (χ3n) is 3.24. The van der Waals surface area contributed by atoms with Crippen molar-refractivity contribution in [2.75, 3.05) is 6.54 Å². The smallest absolute Gasteiger partial charge is 0.0649 e. The van der Waals surface area contributed by atoms with E-state index in [1.807, 2.05) is 28.9 Å². The quantitative estimate of drug-likeness (QED) is 0.846. The molecular formula is C15H20ClN3. The van der Waals surface area contributed by atoms with Crippen LogP contribution in [0.15, 0.2) is 24.3 Å². The van der Waals surface area contributed by atoms with Gasteiger partial charge in [0.25, 0.3) is 0 Å². The molecule has 0 spiro atoms. The van der Waals surface area contributed by atoms with Gasteiger partial charge in [0.15, 0.2) is 0 Å². The summed E-state index contributed by atoms with van der Waals surface area (Å²) in [4.78, 5) is 0. The molecule has 2 rings (SSSR count). The standard InChI is InChI=1S/C15H20ClN3/c1-4-9-17-10-15-11(2)18-19(12(15)3)14-7-5-13(16)6-8-14/h5-8,17H,4,9-10H2,1-3H3. The summed E-state index contributed by atoms with van der Waals surface area (Å²) in [6.07, 6.45) is 1.14. The van der Waals surface area contributed by atoms with Crippen LogP contribution in [0.2, 0.25) is 5.02 Å². The van der Waals surface area contributed by atoms with Crippen LogP contribution in [-0.2, 0) is 6.54 Å². The van der Waals surface area contributed by atoms with E-state index >= 15 is 0 Å². The average molecular weight is 278 g/mol. The van der Waals surface area contributed by atoms with E-state index in [2.05, 4.69) is 31.2 Å². The van der Waals surface area contributed by atoms with Crippen LogP contribution < -0.4 is 5.32 Å². The Morgan fingerprint density at radius 2 is 1.89 bits per heavy atom. The lowest BCUT2D eigenvalue weighted by molar-refractivity contribution is 0.670. The van der Waals surface area contributed by atoms with Crippen LogP contribution in [-0.4, -0.2) is 16.3 Å². The molecule has 19 heavy (non-hydrogen) atoms. The van der Waals surface area contributed by atoms with Gasteiger partial charge in [0.2, 0.25) is 0 Å². The molecule has 0 fully saturated rings. The third-order valence-corrected chi connectivity index (χ3v) is 3.49. The summed E-state index contributed by atoms with van der Waals surface area (Å²) in [5, 5.41) is 8.80. The summed E-state index contributed by atoms with van der Waals surface area (Å²) in [6, 6.07) is 7.76. The van der Waals surface area contributed by atoms with E-state index in [9.17, 15) is 0 Å². The van der Waals surface area contributed by atoms with Crippen LogP contribution in [0.25, 0.3) is 5.69 Å². The van der Waals surface area contributed by atoms with Gasteiger partial charge in [0.1, 0.15) is 0 Å². The number of nitrogens with zero attached hydrogens (tertiary/aromatic N) is 2. The number of aryl methyl sites for hydroxylation is 1. The summed E-state index contributed by atoms with van der Waals surface area (Å²) in [5.74, 6) is 0. The summed E-state index contributed by atoms with van der Waals surface area (Å²) in [7, 11) is 0. The number of rotatable bonds is 5. The van der Waals surface area contributed by atoms with Gasteiger partial charge in [0.05, 0.1) is 11.4 Å². The highest BCUT2D eigenvalue weighted by Crippen LogP contribution is 2.19. The lowest BCUT2D eigenvalue weighted by Gasteiger charge is -2.06. The average Bonchev–Trinajstić information content (AvgIpc) is 2.68. The molecule has 0 saturated heterocycles. The second-order valence-electron chi connectivity index (χ2n) is 4.71. The number of benzene rings is 1. The van der Waals surface area contributed by atoms with E-state index in [1.165, 1.54) is 11.3 Å². The van der Waals surface area contributed by atoms with Gasteiger partial charge in [-0.3, -0.25) is 0 Å². The summed E-state index contributed by atoms with van der Waals surface area (Å²) < 4.78 is 1.98. The highest BCUT2D eigenvalue weighted by atomic mass is 35.5. The van der Waals surface area contributed by atoms with Gasteiger partial charge in [-0.15, -0.1) is 0 Å². The first kappa shape index (κ1) is 14.1. The zero-order valence-electron chi connectivity index (χ0n) is 11.7. The Morgan fingerprint density at radius 3 is 2.53 bits per heavy atom. The minimum absolute atomic E-state index is 0.745. The Balaban J connectivity index is 2.27. The van der Waals surface area contributed by atoms with Crippen molar-refractivity contribution in [2.45, 2.75) is 33.7 Å². The Kier molecular flexibility index (Phi) is 4.61. The molecule has 3 nitrogen and oxygen atoms in total. The summed E-state index contributed by atoms with van der Waals surface area (Å²) in [6.45, 7) is 8.24. The molecule has 0 amide bonds. The lowest BCUT2D eigenvalue weighted by atomic mass is 10.2. The minimum Gasteiger partial charge on any atom is -0.313 e. The molecule has 4 heteroatoms. The minimum atomic E-state index is 0.745. The Bertz CT molecular complexity index is 543. The van der Waals surface area contributed by atoms with Gasteiger partial charge < -0.3 is 5.32 Å². The van der Waals surface area contributed by atoms with E-state index in [1.54, 1.807) is 0 Å². The second kappa shape index (κ2) is 6.22. The predicted molar refractivity (Wildman–Crippen MR) is 80.0 cm³/mol.